The maximum Gasteiger partial charge on any atom is 0.262 e. The third kappa shape index (κ3) is 3.02. The highest BCUT2D eigenvalue weighted by atomic mass is 127. The van der Waals surface area contributed by atoms with Crippen molar-refractivity contribution < 1.29 is 7.86 Å². The Morgan fingerprint density at radius 3 is 2.47 bits per heavy atom. The number of fused-ring (bicyclic) bond motifs is 3. The van der Waals surface area contributed by atoms with Crippen LogP contribution in [0.3, 0.4) is 0 Å². The van der Waals surface area contributed by atoms with Crippen molar-refractivity contribution in [2.24, 2.45) is 16.1 Å². The van der Waals surface area contributed by atoms with E-state index in [9.17, 15) is 4.79 Å². The molecule has 2 N–H and O–H groups in total. The molecule has 2 aliphatic carbocycles. The summed E-state index contributed by atoms with van der Waals surface area (Å²) in [6, 6.07) is 6.33. The summed E-state index contributed by atoms with van der Waals surface area (Å²) in [6.07, 6.45) is 8.32. The summed E-state index contributed by atoms with van der Waals surface area (Å²) in [4.78, 5) is 29.5. The Morgan fingerprint density at radius 1 is 1.19 bits per heavy atom. The molecule has 1 aromatic carbocycles. The molecule has 7 nitrogen and oxygen atoms in total. The third-order valence-electron chi connectivity index (χ3n) is 7.50. The van der Waals surface area contributed by atoms with Crippen LogP contribution in [0.5, 0.6) is 0 Å². The monoisotopic (exact) mass is 545 g/mol. The lowest BCUT2D eigenvalue weighted by Crippen LogP contribution is -2.53. The lowest BCUT2D eigenvalue weighted by Gasteiger charge is -2.45. The van der Waals surface area contributed by atoms with Crippen molar-refractivity contribution >= 4 is 34.9 Å². The molecule has 2 heterocycles. The number of halogens is 1. The van der Waals surface area contributed by atoms with E-state index < -0.39 is 5.54 Å². The summed E-state index contributed by atoms with van der Waals surface area (Å²) in [5, 5.41) is 0. The molecule has 0 radical (unpaired) electrons. The Hall–Kier alpha value is -2.07. The molecule has 0 saturated heterocycles. The van der Waals surface area contributed by atoms with Gasteiger partial charge >= 0.3 is 0 Å². The number of aryl methyl sites for hydroxylation is 1. The van der Waals surface area contributed by atoms with Crippen molar-refractivity contribution in [3.63, 3.8) is 0 Å². The maximum atomic E-state index is 14.1. The van der Waals surface area contributed by atoms with E-state index in [1.807, 2.05) is 56.2 Å². The molecule has 1 saturated carbocycles. The van der Waals surface area contributed by atoms with Gasteiger partial charge in [-0.25, -0.2) is 15.0 Å². The number of guanidine groups is 1. The molecule has 5 rings (SSSR count). The predicted molar refractivity (Wildman–Crippen MR) is 131 cm³/mol. The van der Waals surface area contributed by atoms with Crippen LogP contribution in [0.2, 0.25) is 0 Å². The lowest BCUT2D eigenvalue weighted by atomic mass is 9.61. The molecular weight excluding hydrogens is 517 g/mol. The van der Waals surface area contributed by atoms with E-state index in [0.29, 0.717) is 5.96 Å². The Labute approximate surface area is 202 Å². The second-order valence-electron chi connectivity index (χ2n) is 9.59. The van der Waals surface area contributed by atoms with Crippen molar-refractivity contribution in [3.05, 3.63) is 47.5 Å². The highest BCUT2D eigenvalue weighted by molar-refractivity contribution is 14.1. The lowest BCUT2D eigenvalue weighted by molar-refractivity contribution is -0.138. The summed E-state index contributed by atoms with van der Waals surface area (Å²) < 4.78 is 5.62. The van der Waals surface area contributed by atoms with Gasteiger partial charge in [0, 0.05) is 29.4 Å². The van der Waals surface area contributed by atoms with E-state index >= 15 is 0 Å². The van der Waals surface area contributed by atoms with Crippen LogP contribution in [0.25, 0.3) is 11.1 Å². The summed E-state index contributed by atoms with van der Waals surface area (Å²) in [5.41, 5.74) is 9.24. The highest BCUT2D eigenvalue weighted by Gasteiger charge is 2.66. The van der Waals surface area contributed by atoms with E-state index in [2.05, 4.69) is 28.2 Å². The fourth-order valence-electron chi connectivity index (χ4n) is 5.91. The van der Waals surface area contributed by atoms with Crippen LogP contribution >= 0.6 is 23.0 Å². The zero-order valence-corrected chi connectivity index (χ0v) is 20.8. The molecule has 2 aromatic rings. The Balaban J connectivity index is 1.67. The van der Waals surface area contributed by atoms with Gasteiger partial charge in [0.25, 0.3) is 5.91 Å². The fourth-order valence-corrected chi connectivity index (χ4v) is 6.42. The van der Waals surface area contributed by atoms with Gasteiger partial charge in [-0.2, -0.15) is 0 Å². The molecule has 3 aliphatic rings. The molecule has 1 aliphatic heterocycles. The number of nitrogens with two attached hydrogens (primary N) is 1. The minimum atomic E-state index is -0.978. The number of aromatic nitrogens is 2. The normalized spacial score (nSPS) is 29.3. The molecule has 168 valence electrons. The average molecular weight is 545 g/mol. The number of carbonyl (C=O) groups is 1. The number of hydrogen-bond acceptors (Lipinski definition) is 6. The zero-order chi connectivity index (χ0) is 22.7. The maximum absolute atomic E-state index is 14.1. The van der Waals surface area contributed by atoms with E-state index in [1.54, 1.807) is 4.90 Å². The second-order valence-corrected chi connectivity index (χ2v) is 10.1. The van der Waals surface area contributed by atoms with Crippen LogP contribution in [0.15, 0.2) is 35.6 Å². The van der Waals surface area contributed by atoms with Crippen molar-refractivity contribution in [2.45, 2.75) is 70.6 Å². The number of rotatable bonds is 3. The van der Waals surface area contributed by atoms with Gasteiger partial charge < -0.3 is 8.80 Å². The van der Waals surface area contributed by atoms with Crippen LogP contribution in [0.4, 0.5) is 0 Å². The Bertz CT molecular complexity index is 1090. The molecule has 1 atom stereocenters. The Morgan fingerprint density at radius 2 is 1.88 bits per heavy atom. The van der Waals surface area contributed by atoms with Crippen molar-refractivity contribution in [1.29, 1.82) is 0 Å². The van der Waals surface area contributed by atoms with Gasteiger partial charge in [-0.15, -0.1) is 0 Å². The first-order chi connectivity index (χ1) is 15.3. The number of benzene rings is 1. The SMILES string of the molecule is Cc1ncc(-c2ccc3c(c2)C2(N=C(N)N(C(C)C)C2=O)[C@]2(CC[C@H](OI)CC2)C3)cn1. The van der Waals surface area contributed by atoms with Crippen LogP contribution in [-0.4, -0.2) is 38.9 Å². The molecule has 8 heteroatoms. The quantitative estimate of drug-likeness (QED) is 0.588. The number of aliphatic imine (C=N–C) groups is 1. The smallest absolute Gasteiger partial charge is 0.262 e. The van der Waals surface area contributed by atoms with Crippen LogP contribution in [0, 0.1) is 12.3 Å². The first kappa shape index (κ1) is 21.8. The van der Waals surface area contributed by atoms with Crippen LogP contribution in [-0.2, 0) is 19.8 Å². The standard InChI is InChI=1S/C24H28IN5O2/c1-14(2)30-21(31)24(29-22(30)26)20-10-16(18-12-27-15(3)28-13-18)4-5-17(20)11-23(24)8-6-19(32-25)7-9-23/h4-5,10,12-14,19H,6-9,11H2,1-3H3,(H2,26,29)/t19-,23-,24?. The zero-order valence-electron chi connectivity index (χ0n) is 18.6. The largest absolute Gasteiger partial charge is 0.369 e. The number of amides is 1. The molecule has 1 unspecified atom stereocenters. The molecule has 1 amide bonds. The first-order valence-corrected chi connectivity index (χ1v) is 12.1. The van der Waals surface area contributed by atoms with E-state index in [4.69, 9.17) is 13.8 Å². The first-order valence-electron chi connectivity index (χ1n) is 11.2. The minimum absolute atomic E-state index is 0.00916. The predicted octanol–water partition coefficient (Wildman–Crippen LogP) is 4.06. The average Bonchev–Trinajstić information content (AvgIpc) is 3.20. The second kappa shape index (κ2) is 7.76. The minimum Gasteiger partial charge on any atom is -0.369 e. The van der Waals surface area contributed by atoms with E-state index in [0.717, 1.165) is 54.6 Å². The molecule has 2 spiro atoms. The summed E-state index contributed by atoms with van der Waals surface area (Å²) in [6.45, 7) is 5.85. The van der Waals surface area contributed by atoms with Crippen molar-refractivity contribution in [1.82, 2.24) is 14.9 Å². The van der Waals surface area contributed by atoms with Crippen LogP contribution in [0.1, 0.15) is 56.5 Å². The van der Waals surface area contributed by atoms with Gasteiger partial charge in [-0.05, 0) is 75.6 Å². The summed E-state index contributed by atoms with van der Waals surface area (Å²) in [5.74, 6) is 1.07. The highest BCUT2D eigenvalue weighted by Crippen LogP contribution is 2.62. The van der Waals surface area contributed by atoms with Gasteiger partial charge in [0.15, 0.2) is 11.5 Å². The molecular formula is C24H28IN5O2. The summed E-state index contributed by atoms with van der Waals surface area (Å²) in [7, 11) is 0. The van der Waals surface area contributed by atoms with Gasteiger partial charge in [-0.1, -0.05) is 12.1 Å². The molecule has 0 bridgehead atoms. The summed E-state index contributed by atoms with van der Waals surface area (Å²) >= 11 is 2.00. The number of hydrogen-bond donors (Lipinski definition) is 1. The molecule has 32 heavy (non-hydrogen) atoms. The van der Waals surface area contributed by atoms with E-state index in [1.165, 1.54) is 5.56 Å². The van der Waals surface area contributed by atoms with Crippen molar-refractivity contribution in [2.75, 3.05) is 0 Å². The van der Waals surface area contributed by atoms with Crippen LogP contribution < -0.4 is 5.73 Å². The fraction of sp³-hybridized carbons (Fsp3) is 0.500. The van der Waals surface area contributed by atoms with Gasteiger partial charge in [0.05, 0.1) is 6.10 Å². The van der Waals surface area contributed by atoms with Crippen molar-refractivity contribution in [3.8, 4) is 11.1 Å². The number of carbonyl (C=O) groups excluding carboxylic acids is 1. The third-order valence-corrected chi connectivity index (χ3v) is 8.22. The topological polar surface area (TPSA) is 93.7 Å². The van der Waals surface area contributed by atoms with Gasteiger partial charge in [-0.3, -0.25) is 9.69 Å². The van der Waals surface area contributed by atoms with E-state index in [-0.39, 0.29) is 23.5 Å². The van der Waals surface area contributed by atoms with Gasteiger partial charge in [0.1, 0.15) is 28.8 Å². The number of nitrogens with zero attached hydrogens (tertiary/aromatic N) is 4. The molecule has 1 aromatic heterocycles. The molecule has 1 fully saturated rings. The van der Waals surface area contributed by atoms with Gasteiger partial charge in [0.2, 0.25) is 0 Å². The Kier molecular flexibility index (Phi) is 5.28.